The van der Waals surface area contributed by atoms with Crippen molar-refractivity contribution in [2.75, 3.05) is 0 Å². The molecule has 0 saturated carbocycles. The van der Waals surface area contributed by atoms with Gasteiger partial charge in [0.2, 0.25) is 14.0 Å². The van der Waals surface area contributed by atoms with Crippen LogP contribution in [0.15, 0.2) is 0 Å². The minimum atomic E-state index is -0.455. The maximum atomic E-state index is 10.5. The topological polar surface area (TPSA) is 34.1 Å². The molecule has 2 nitrogen and oxygen atoms in total. The highest BCUT2D eigenvalue weighted by Gasteiger charge is 2.20. The maximum absolute atomic E-state index is 10.5. The second-order valence-corrected chi connectivity index (χ2v) is 3.24. The Morgan fingerprint density at radius 1 is 1.38 bits per heavy atom. The average Bonchev–Trinajstić information content (AvgIpc) is 1.62. The lowest BCUT2D eigenvalue weighted by atomic mass is 10.00. The minimum absolute atomic E-state index is 0.252. The summed E-state index contributed by atoms with van der Waals surface area (Å²) in [6, 6.07) is 0. The lowest BCUT2D eigenvalue weighted by molar-refractivity contribution is -0.117. The summed E-state index contributed by atoms with van der Waals surface area (Å²) in [4.78, 5) is 10.5. The first-order valence-electron chi connectivity index (χ1n) is 2.36. The summed E-state index contributed by atoms with van der Waals surface area (Å²) in [6.07, 6.45) is 0. The van der Waals surface area contributed by atoms with Crippen LogP contribution >= 0.6 is 8.46 Å². The number of hydrogen-bond donors (Lipinski definition) is 0. The summed E-state index contributed by atoms with van der Waals surface area (Å²) in [5, 5.41) is 0. The zero-order valence-corrected chi connectivity index (χ0v) is 6.16. The Morgan fingerprint density at radius 3 is 1.75 bits per heavy atom. The third-order valence-electron chi connectivity index (χ3n) is 0.725. The van der Waals surface area contributed by atoms with E-state index in [1.807, 2.05) is 0 Å². The molecule has 0 N–H and O–H groups in total. The molecule has 0 rings (SSSR count). The van der Waals surface area contributed by atoms with E-state index in [1.165, 1.54) is 0 Å². The van der Waals surface area contributed by atoms with E-state index in [1.54, 1.807) is 20.8 Å². The second kappa shape index (κ2) is 2.36. The molecule has 3 heteroatoms. The Bertz CT molecular complexity index is 112. The maximum Gasteiger partial charge on any atom is 0.232 e. The van der Waals surface area contributed by atoms with E-state index in [0.717, 1.165) is 0 Å². The Balaban J connectivity index is 4.02. The van der Waals surface area contributed by atoms with Gasteiger partial charge in [0.25, 0.3) is 0 Å². The quantitative estimate of drug-likeness (QED) is 0.510. The fourth-order valence-electron chi connectivity index (χ4n) is 0.137. The molecule has 0 heterocycles. The van der Waals surface area contributed by atoms with E-state index in [9.17, 15) is 9.36 Å². The van der Waals surface area contributed by atoms with Crippen LogP contribution in [0.25, 0.3) is 0 Å². The molecular formula is C5H9O2P. The zero-order chi connectivity index (χ0) is 6.78. The van der Waals surface area contributed by atoms with Crippen molar-refractivity contribution in [2.45, 2.75) is 20.8 Å². The summed E-state index contributed by atoms with van der Waals surface area (Å²) in [5.41, 5.74) is -0.707. The van der Waals surface area contributed by atoms with E-state index in [2.05, 4.69) is 0 Å². The summed E-state index contributed by atoms with van der Waals surface area (Å²) in [7, 11) is -0.382. The summed E-state index contributed by atoms with van der Waals surface area (Å²) in [5.74, 6) is 0. The van der Waals surface area contributed by atoms with Gasteiger partial charge in [-0.2, -0.15) is 0 Å². The molecule has 8 heavy (non-hydrogen) atoms. The Hall–Kier alpha value is -0.230. The van der Waals surface area contributed by atoms with Crippen molar-refractivity contribution in [3.63, 3.8) is 0 Å². The Labute approximate surface area is 50.5 Å². The van der Waals surface area contributed by atoms with E-state index in [-0.39, 0.29) is 14.0 Å². The highest BCUT2D eigenvalue weighted by Crippen LogP contribution is 2.20. The molecule has 0 fully saturated rings. The third-order valence-corrected chi connectivity index (χ3v) is 1.56. The van der Waals surface area contributed by atoms with Crippen molar-refractivity contribution < 1.29 is 9.36 Å². The normalized spacial score (nSPS) is 11.9. The molecule has 0 aromatic carbocycles. The molecule has 46 valence electrons. The number of rotatable bonds is 1. The van der Waals surface area contributed by atoms with Gasteiger partial charge in [-0.1, -0.05) is 20.8 Å². The number of carbonyl (C=O) groups is 1. The lowest BCUT2D eigenvalue weighted by Gasteiger charge is -2.09. The van der Waals surface area contributed by atoms with E-state index in [4.69, 9.17) is 0 Å². The van der Waals surface area contributed by atoms with Crippen molar-refractivity contribution in [3.8, 4) is 0 Å². The monoisotopic (exact) mass is 132 g/mol. The van der Waals surface area contributed by atoms with Crippen LogP contribution in [0.4, 0.5) is 0 Å². The molecule has 0 radical (unpaired) electrons. The standard InChI is InChI=1S/C5H9O2P/c1-5(2,3)4(6)8-7/h1-3H3. The molecule has 0 saturated heterocycles. The van der Waals surface area contributed by atoms with Crippen LogP contribution < -0.4 is 0 Å². The van der Waals surface area contributed by atoms with Gasteiger partial charge in [0.1, 0.15) is 0 Å². The zero-order valence-electron chi connectivity index (χ0n) is 5.26. The highest BCUT2D eigenvalue weighted by molar-refractivity contribution is 7.46. The van der Waals surface area contributed by atoms with Crippen molar-refractivity contribution >= 4 is 14.0 Å². The molecule has 0 aromatic heterocycles. The second-order valence-electron chi connectivity index (χ2n) is 2.65. The molecule has 0 amide bonds. The molecule has 0 aliphatic rings. The molecule has 0 unspecified atom stereocenters. The molecule has 0 aliphatic carbocycles. The Kier molecular flexibility index (Phi) is 2.29. The van der Waals surface area contributed by atoms with Crippen molar-refractivity contribution in [2.24, 2.45) is 5.41 Å². The lowest BCUT2D eigenvalue weighted by Crippen LogP contribution is -2.13. The molecular weight excluding hydrogens is 123 g/mol. The number of carbonyl (C=O) groups excluding carboxylic acids is 1. The van der Waals surface area contributed by atoms with Crippen LogP contribution in [0.3, 0.4) is 0 Å². The van der Waals surface area contributed by atoms with Crippen molar-refractivity contribution in [1.82, 2.24) is 0 Å². The van der Waals surface area contributed by atoms with Crippen molar-refractivity contribution in [3.05, 3.63) is 0 Å². The van der Waals surface area contributed by atoms with E-state index in [0.29, 0.717) is 0 Å². The smallest absolute Gasteiger partial charge is 0.232 e. The highest BCUT2D eigenvalue weighted by atomic mass is 31.1. The first kappa shape index (κ1) is 7.77. The van der Waals surface area contributed by atoms with Gasteiger partial charge in [-0.05, 0) is 0 Å². The SMILES string of the molecule is CC(C)(C)C(=O)P=O. The third kappa shape index (κ3) is 2.17. The molecule has 0 atom stereocenters. The predicted molar refractivity (Wildman–Crippen MR) is 32.1 cm³/mol. The Morgan fingerprint density at radius 2 is 1.75 bits per heavy atom. The molecule has 0 bridgehead atoms. The summed E-state index contributed by atoms with van der Waals surface area (Å²) < 4.78 is 9.90. The van der Waals surface area contributed by atoms with Crippen LogP contribution in [-0.2, 0) is 9.36 Å². The predicted octanol–water partition coefficient (Wildman–Crippen LogP) is 1.85. The van der Waals surface area contributed by atoms with Gasteiger partial charge < -0.3 is 0 Å². The van der Waals surface area contributed by atoms with Crippen LogP contribution in [0.2, 0.25) is 0 Å². The van der Waals surface area contributed by atoms with Crippen LogP contribution in [0.5, 0.6) is 0 Å². The molecule has 0 aliphatic heterocycles. The van der Waals surface area contributed by atoms with Gasteiger partial charge in [0.05, 0.1) is 0 Å². The first-order valence-corrected chi connectivity index (χ1v) is 3.17. The van der Waals surface area contributed by atoms with Crippen LogP contribution in [0, 0.1) is 5.41 Å². The summed E-state index contributed by atoms with van der Waals surface area (Å²) >= 11 is 0. The van der Waals surface area contributed by atoms with Crippen LogP contribution in [-0.4, -0.2) is 5.52 Å². The van der Waals surface area contributed by atoms with Gasteiger partial charge in [-0.25, -0.2) is 0 Å². The van der Waals surface area contributed by atoms with Gasteiger partial charge >= 0.3 is 0 Å². The average molecular weight is 132 g/mol. The van der Waals surface area contributed by atoms with Gasteiger partial charge in [0, 0.05) is 5.41 Å². The fraction of sp³-hybridized carbons (Fsp3) is 0.800. The minimum Gasteiger partial charge on any atom is -0.285 e. The molecule has 0 aromatic rings. The number of hydrogen-bond acceptors (Lipinski definition) is 2. The van der Waals surface area contributed by atoms with E-state index < -0.39 is 5.41 Å². The van der Waals surface area contributed by atoms with Crippen molar-refractivity contribution in [1.29, 1.82) is 0 Å². The van der Waals surface area contributed by atoms with Gasteiger partial charge in [-0.3, -0.25) is 9.36 Å². The largest absolute Gasteiger partial charge is 0.285 e. The van der Waals surface area contributed by atoms with Gasteiger partial charge in [-0.15, -0.1) is 0 Å². The summed E-state index contributed by atoms with van der Waals surface area (Å²) in [6.45, 7) is 5.21. The first-order chi connectivity index (χ1) is 3.48. The molecule has 0 spiro atoms. The van der Waals surface area contributed by atoms with Gasteiger partial charge in [0.15, 0.2) is 0 Å². The van der Waals surface area contributed by atoms with Crippen LogP contribution in [0.1, 0.15) is 20.8 Å². The fourth-order valence-corrected chi connectivity index (χ4v) is 0.411. The van der Waals surface area contributed by atoms with E-state index >= 15 is 0 Å².